The lowest BCUT2D eigenvalue weighted by molar-refractivity contribution is 0.0693. The van der Waals surface area contributed by atoms with Crippen molar-refractivity contribution in [2.75, 3.05) is 25.5 Å². The van der Waals surface area contributed by atoms with Crippen molar-refractivity contribution in [1.29, 1.82) is 0 Å². The fraction of sp³-hybridized carbons (Fsp3) is 0.550. The van der Waals surface area contributed by atoms with Gasteiger partial charge in [0.1, 0.15) is 0 Å². The average Bonchev–Trinajstić information content (AvgIpc) is 2.78. The van der Waals surface area contributed by atoms with Gasteiger partial charge in [-0.15, -0.1) is 0 Å². The number of benzene rings is 1. The summed E-state index contributed by atoms with van der Waals surface area (Å²) in [6, 6.07) is 4.68. The highest BCUT2D eigenvalue weighted by molar-refractivity contribution is 6.21. The van der Waals surface area contributed by atoms with E-state index in [0.717, 1.165) is 17.7 Å². The first-order chi connectivity index (χ1) is 12.2. The summed E-state index contributed by atoms with van der Waals surface area (Å²) in [5.74, 6) is 0.392. The summed E-state index contributed by atoms with van der Waals surface area (Å²) >= 11 is 0. The van der Waals surface area contributed by atoms with E-state index in [1.807, 2.05) is 4.90 Å². The van der Waals surface area contributed by atoms with Crippen LogP contribution in [0.5, 0.6) is 0 Å². The summed E-state index contributed by atoms with van der Waals surface area (Å²) in [7, 11) is 1.46. The maximum Gasteiger partial charge on any atom is 0.321 e. The molecule has 0 aliphatic carbocycles. The molecule has 142 valence electrons. The maximum atomic E-state index is 12.7. The molecular weight excluding hydrogens is 330 g/mol. The molecule has 1 aliphatic rings. The van der Waals surface area contributed by atoms with Gasteiger partial charge in [-0.2, -0.15) is 0 Å². The third-order valence-corrected chi connectivity index (χ3v) is 4.58. The van der Waals surface area contributed by atoms with Gasteiger partial charge in [0.05, 0.1) is 11.1 Å². The number of anilines is 1. The topological polar surface area (TPSA) is 69.7 Å². The monoisotopic (exact) mass is 359 g/mol. The number of fused-ring (bicyclic) bond motifs is 1. The predicted octanol–water partition coefficient (Wildman–Crippen LogP) is 3.84. The van der Waals surface area contributed by atoms with E-state index in [2.05, 4.69) is 33.0 Å². The minimum atomic E-state index is -0.336. The van der Waals surface area contributed by atoms with Crippen LogP contribution in [0.4, 0.5) is 10.5 Å². The van der Waals surface area contributed by atoms with Gasteiger partial charge in [-0.1, -0.05) is 27.7 Å². The quantitative estimate of drug-likeness (QED) is 0.752. The first-order valence-electron chi connectivity index (χ1n) is 9.23. The molecule has 0 unspecified atom stereocenters. The molecule has 2 rings (SSSR count). The number of rotatable bonds is 7. The Hall–Kier alpha value is -2.37. The SMILES string of the molecule is CC(C)CCN(CCC(C)C)C(=O)Nc1ccc2c(c1)C(=O)N(C)C2=O. The van der Waals surface area contributed by atoms with Crippen LogP contribution in [-0.4, -0.2) is 47.8 Å². The molecule has 0 saturated heterocycles. The normalized spacial score (nSPS) is 13.6. The van der Waals surface area contributed by atoms with Crippen LogP contribution in [0.2, 0.25) is 0 Å². The molecule has 1 heterocycles. The molecule has 1 aliphatic heterocycles. The van der Waals surface area contributed by atoms with Crippen LogP contribution in [0.25, 0.3) is 0 Å². The fourth-order valence-corrected chi connectivity index (χ4v) is 2.78. The minimum Gasteiger partial charge on any atom is -0.325 e. The summed E-state index contributed by atoms with van der Waals surface area (Å²) in [5.41, 5.74) is 1.25. The van der Waals surface area contributed by atoms with Gasteiger partial charge in [-0.3, -0.25) is 14.5 Å². The third kappa shape index (κ3) is 4.62. The van der Waals surface area contributed by atoms with Crippen LogP contribution in [0.1, 0.15) is 61.3 Å². The van der Waals surface area contributed by atoms with E-state index >= 15 is 0 Å². The van der Waals surface area contributed by atoms with Crippen molar-refractivity contribution in [2.24, 2.45) is 11.8 Å². The molecule has 0 fully saturated rings. The van der Waals surface area contributed by atoms with Crippen LogP contribution in [0.3, 0.4) is 0 Å². The Bertz CT molecular complexity index is 686. The smallest absolute Gasteiger partial charge is 0.321 e. The number of urea groups is 1. The van der Waals surface area contributed by atoms with Crippen molar-refractivity contribution in [3.8, 4) is 0 Å². The van der Waals surface area contributed by atoms with Gasteiger partial charge in [0.15, 0.2) is 0 Å². The number of carbonyl (C=O) groups is 3. The second kappa shape index (κ2) is 8.34. The van der Waals surface area contributed by atoms with Crippen LogP contribution in [0.15, 0.2) is 18.2 Å². The van der Waals surface area contributed by atoms with Gasteiger partial charge in [-0.25, -0.2) is 4.79 Å². The van der Waals surface area contributed by atoms with Crippen molar-refractivity contribution in [1.82, 2.24) is 9.80 Å². The average molecular weight is 359 g/mol. The molecule has 6 nitrogen and oxygen atoms in total. The Labute approximate surface area is 155 Å². The summed E-state index contributed by atoms with van der Waals surface area (Å²) in [5, 5.41) is 2.87. The van der Waals surface area contributed by atoms with Gasteiger partial charge in [0.2, 0.25) is 0 Å². The summed E-state index contributed by atoms with van der Waals surface area (Å²) in [6.07, 6.45) is 1.88. The Morgan fingerprint density at radius 1 is 1.00 bits per heavy atom. The Balaban J connectivity index is 2.11. The Kier molecular flexibility index (Phi) is 6.40. The van der Waals surface area contributed by atoms with E-state index < -0.39 is 0 Å². The molecule has 0 saturated carbocycles. The van der Waals surface area contributed by atoms with E-state index in [4.69, 9.17) is 0 Å². The number of amides is 4. The lowest BCUT2D eigenvalue weighted by Gasteiger charge is -2.25. The molecule has 0 bridgehead atoms. The van der Waals surface area contributed by atoms with Gasteiger partial charge in [-0.05, 0) is 42.9 Å². The number of imide groups is 1. The van der Waals surface area contributed by atoms with Gasteiger partial charge in [0, 0.05) is 25.8 Å². The molecule has 0 atom stereocenters. The van der Waals surface area contributed by atoms with E-state index in [1.165, 1.54) is 7.05 Å². The number of hydrogen-bond donors (Lipinski definition) is 1. The first kappa shape index (κ1) is 19.9. The second-order valence-electron chi connectivity index (χ2n) is 7.71. The highest BCUT2D eigenvalue weighted by atomic mass is 16.2. The Morgan fingerprint density at radius 2 is 1.54 bits per heavy atom. The molecule has 0 radical (unpaired) electrons. The summed E-state index contributed by atoms with van der Waals surface area (Å²) < 4.78 is 0. The molecule has 26 heavy (non-hydrogen) atoms. The first-order valence-corrected chi connectivity index (χ1v) is 9.23. The zero-order chi connectivity index (χ0) is 19.4. The van der Waals surface area contributed by atoms with Crippen LogP contribution in [0, 0.1) is 11.8 Å². The maximum absolute atomic E-state index is 12.7. The highest BCUT2D eigenvalue weighted by Gasteiger charge is 2.32. The van der Waals surface area contributed by atoms with Crippen LogP contribution in [-0.2, 0) is 0 Å². The molecule has 0 aromatic heterocycles. The fourth-order valence-electron chi connectivity index (χ4n) is 2.78. The second-order valence-corrected chi connectivity index (χ2v) is 7.71. The molecule has 6 heteroatoms. The van der Waals surface area contributed by atoms with Crippen LogP contribution < -0.4 is 5.32 Å². The highest BCUT2D eigenvalue weighted by Crippen LogP contribution is 2.25. The van der Waals surface area contributed by atoms with Gasteiger partial charge >= 0.3 is 6.03 Å². The molecule has 1 aromatic rings. The zero-order valence-corrected chi connectivity index (χ0v) is 16.3. The lowest BCUT2D eigenvalue weighted by atomic mass is 10.1. The van der Waals surface area contributed by atoms with E-state index in [1.54, 1.807) is 18.2 Å². The molecule has 4 amide bonds. The van der Waals surface area contributed by atoms with Crippen molar-refractivity contribution in [2.45, 2.75) is 40.5 Å². The number of hydrogen-bond acceptors (Lipinski definition) is 3. The number of carbonyl (C=O) groups excluding carboxylic acids is 3. The van der Waals surface area contributed by atoms with Crippen molar-refractivity contribution < 1.29 is 14.4 Å². The van der Waals surface area contributed by atoms with Crippen LogP contribution >= 0.6 is 0 Å². The van der Waals surface area contributed by atoms with Gasteiger partial charge in [0.25, 0.3) is 11.8 Å². The number of nitrogens with one attached hydrogen (secondary N) is 1. The van der Waals surface area contributed by atoms with E-state index in [9.17, 15) is 14.4 Å². The molecule has 1 N–H and O–H groups in total. The number of nitrogens with zero attached hydrogens (tertiary/aromatic N) is 2. The zero-order valence-electron chi connectivity index (χ0n) is 16.3. The largest absolute Gasteiger partial charge is 0.325 e. The van der Waals surface area contributed by atoms with Crippen molar-refractivity contribution in [3.63, 3.8) is 0 Å². The van der Waals surface area contributed by atoms with E-state index in [-0.39, 0.29) is 17.8 Å². The summed E-state index contributed by atoms with van der Waals surface area (Å²) in [6.45, 7) is 9.94. The molecular formula is C20H29N3O3. The summed E-state index contributed by atoms with van der Waals surface area (Å²) in [4.78, 5) is 39.7. The Morgan fingerprint density at radius 3 is 2.08 bits per heavy atom. The van der Waals surface area contributed by atoms with Crippen molar-refractivity contribution in [3.05, 3.63) is 29.3 Å². The van der Waals surface area contributed by atoms with Gasteiger partial charge < -0.3 is 10.2 Å². The standard InChI is InChI=1S/C20H29N3O3/c1-13(2)8-10-23(11-9-14(3)4)20(26)21-15-6-7-16-17(12-15)19(25)22(5)18(16)24/h6-7,12-14H,8-11H2,1-5H3,(H,21,26). The molecule has 0 spiro atoms. The van der Waals surface area contributed by atoms with E-state index in [0.29, 0.717) is 41.7 Å². The predicted molar refractivity (Wildman–Crippen MR) is 102 cm³/mol. The molecule has 1 aromatic carbocycles. The van der Waals surface area contributed by atoms with Crippen molar-refractivity contribution >= 4 is 23.5 Å². The third-order valence-electron chi connectivity index (χ3n) is 4.58. The minimum absolute atomic E-state index is 0.170. The lowest BCUT2D eigenvalue weighted by Crippen LogP contribution is -2.37.